The average Bonchev–Trinajstić information content (AvgIpc) is 2.02. The highest BCUT2D eigenvalue weighted by Gasteiger charge is 1.98. The fourth-order valence-electron chi connectivity index (χ4n) is 1.47. The third-order valence-electron chi connectivity index (χ3n) is 2.32. The predicted octanol–water partition coefficient (Wildman–Crippen LogP) is 3.81. The lowest BCUT2D eigenvalue weighted by atomic mass is 10.00. The third-order valence-corrected chi connectivity index (χ3v) is 2.32. The highest BCUT2D eigenvalue weighted by Crippen LogP contribution is 2.14. The Hall–Kier alpha value is -1.04. The molecule has 0 unspecified atom stereocenters. The van der Waals surface area contributed by atoms with E-state index in [1.165, 1.54) is 22.3 Å². The SMILES string of the molecule is C=C(C)CCc1ccc(C)cc1C. The molecule has 0 radical (unpaired) electrons. The number of benzene rings is 1. The second kappa shape index (κ2) is 4.27. The summed E-state index contributed by atoms with van der Waals surface area (Å²) in [4.78, 5) is 0. The Bertz CT molecular complexity index is 308. The van der Waals surface area contributed by atoms with E-state index in [2.05, 4.69) is 45.5 Å². The Morgan fingerprint density at radius 1 is 1.31 bits per heavy atom. The molecule has 0 fully saturated rings. The summed E-state index contributed by atoms with van der Waals surface area (Å²) in [5.41, 5.74) is 5.46. The molecule has 1 aromatic rings. The van der Waals surface area contributed by atoms with Gasteiger partial charge in [-0.15, -0.1) is 6.58 Å². The molecule has 0 heteroatoms. The lowest BCUT2D eigenvalue weighted by Crippen LogP contribution is -1.90. The van der Waals surface area contributed by atoms with Gasteiger partial charge in [-0.2, -0.15) is 0 Å². The first-order chi connectivity index (χ1) is 6.09. The van der Waals surface area contributed by atoms with Crippen molar-refractivity contribution in [3.8, 4) is 0 Å². The molecule has 0 saturated carbocycles. The van der Waals surface area contributed by atoms with E-state index in [0.29, 0.717) is 0 Å². The van der Waals surface area contributed by atoms with Crippen molar-refractivity contribution < 1.29 is 0 Å². The van der Waals surface area contributed by atoms with Gasteiger partial charge in [0.1, 0.15) is 0 Å². The topological polar surface area (TPSA) is 0 Å². The van der Waals surface area contributed by atoms with Gasteiger partial charge in [-0.1, -0.05) is 29.3 Å². The third kappa shape index (κ3) is 3.06. The molecule has 70 valence electrons. The summed E-state index contributed by atoms with van der Waals surface area (Å²) in [7, 11) is 0. The molecule has 0 aliphatic heterocycles. The van der Waals surface area contributed by atoms with E-state index in [1.54, 1.807) is 0 Å². The molecule has 0 N–H and O–H groups in total. The van der Waals surface area contributed by atoms with Crippen molar-refractivity contribution >= 4 is 0 Å². The smallest absolute Gasteiger partial charge is 0.0239 e. The van der Waals surface area contributed by atoms with E-state index in [-0.39, 0.29) is 0 Å². The van der Waals surface area contributed by atoms with Crippen molar-refractivity contribution in [2.45, 2.75) is 33.6 Å². The second-order valence-electron chi connectivity index (χ2n) is 3.89. The van der Waals surface area contributed by atoms with Crippen LogP contribution >= 0.6 is 0 Å². The van der Waals surface area contributed by atoms with Crippen LogP contribution in [-0.4, -0.2) is 0 Å². The minimum Gasteiger partial charge on any atom is -0.100 e. The van der Waals surface area contributed by atoms with Crippen LogP contribution in [-0.2, 0) is 6.42 Å². The van der Waals surface area contributed by atoms with Gasteiger partial charge in [0, 0.05) is 0 Å². The van der Waals surface area contributed by atoms with Crippen LogP contribution in [0.15, 0.2) is 30.4 Å². The highest BCUT2D eigenvalue weighted by atomic mass is 14.0. The molecule has 0 spiro atoms. The van der Waals surface area contributed by atoms with Crippen LogP contribution in [0.4, 0.5) is 0 Å². The Kier molecular flexibility index (Phi) is 3.30. The number of allylic oxidation sites excluding steroid dienone is 1. The van der Waals surface area contributed by atoms with E-state index in [9.17, 15) is 0 Å². The van der Waals surface area contributed by atoms with Crippen LogP contribution in [0.1, 0.15) is 30.0 Å². The van der Waals surface area contributed by atoms with E-state index < -0.39 is 0 Å². The van der Waals surface area contributed by atoms with Crippen LogP contribution in [0, 0.1) is 13.8 Å². The molecule has 13 heavy (non-hydrogen) atoms. The summed E-state index contributed by atoms with van der Waals surface area (Å²) in [6.45, 7) is 10.3. The molecule has 1 rings (SSSR count). The van der Waals surface area contributed by atoms with Crippen molar-refractivity contribution in [3.63, 3.8) is 0 Å². The van der Waals surface area contributed by atoms with Crippen LogP contribution in [0.2, 0.25) is 0 Å². The molecule has 0 nitrogen and oxygen atoms in total. The first kappa shape index (κ1) is 10.0. The highest BCUT2D eigenvalue weighted by molar-refractivity contribution is 5.30. The van der Waals surface area contributed by atoms with E-state index in [0.717, 1.165) is 12.8 Å². The monoisotopic (exact) mass is 174 g/mol. The van der Waals surface area contributed by atoms with Crippen molar-refractivity contribution in [2.75, 3.05) is 0 Å². The molecule has 0 aromatic heterocycles. The molecule has 0 saturated heterocycles. The predicted molar refractivity (Wildman–Crippen MR) is 59.1 cm³/mol. The average molecular weight is 174 g/mol. The second-order valence-corrected chi connectivity index (χ2v) is 3.89. The van der Waals surface area contributed by atoms with Gasteiger partial charge in [-0.05, 0) is 44.7 Å². The maximum atomic E-state index is 3.92. The number of hydrogen-bond acceptors (Lipinski definition) is 0. The maximum absolute atomic E-state index is 3.92. The van der Waals surface area contributed by atoms with E-state index in [4.69, 9.17) is 0 Å². The van der Waals surface area contributed by atoms with Crippen molar-refractivity contribution in [2.24, 2.45) is 0 Å². The molecule has 0 atom stereocenters. The number of rotatable bonds is 3. The van der Waals surface area contributed by atoms with Gasteiger partial charge >= 0.3 is 0 Å². The van der Waals surface area contributed by atoms with Gasteiger partial charge in [-0.25, -0.2) is 0 Å². The molecular formula is C13H18. The maximum Gasteiger partial charge on any atom is -0.0239 e. The zero-order valence-corrected chi connectivity index (χ0v) is 8.85. The summed E-state index contributed by atoms with van der Waals surface area (Å²) < 4.78 is 0. The number of hydrogen-bond donors (Lipinski definition) is 0. The van der Waals surface area contributed by atoms with Crippen LogP contribution in [0.3, 0.4) is 0 Å². The van der Waals surface area contributed by atoms with Gasteiger partial charge in [0.2, 0.25) is 0 Å². The standard InChI is InChI=1S/C13H18/c1-10(2)5-7-13-8-6-11(3)9-12(13)4/h6,8-9H,1,5,7H2,2-4H3. The summed E-state index contributed by atoms with van der Waals surface area (Å²) in [5.74, 6) is 0. The molecule has 0 amide bonds. The first-order valence-electron chi connectivity index (χ1n) is 4.80. The van der Waals surface area contributed by atoms with E-state index in [1.807, 2.05) is 0 Å². The quantitative estimate of drug-likeness (QED) is 0.611. The Labute approximate surface area is 81.3 Å². The Morgan fingerprint density at radius 2 is 2.00 bits per heavy atom. The lowest BCUT2D eigenvalue weighted by Gasteiger charge is -2.06. The van der Waals surface area contributed by atoms with Crippen LogP contribution in [0.5, 0.6) is 0 Å². The zero-order chi connectivity index (χ0) is 9.84. The van der Waals surface area contributed by atoms with Gasteiger partial charge in [-0.3, -0.25) is 0 Å². The lowest BCUT2D eigenvalue weighted by molar-refractivity contribution is 0.935. The van der Waals surface area contributed by atoms with Gasteiger partial charge < -0.3 is 0 Å². The minimum atomic E-state index is 1.10. The minimum absolute atomic E-state index is 1.10. The summed E-state index contributed by atoms with van der Waals surface area (Å²) >= 11 is 0. The molecular weight excluding hydrogens is 156 g/mol. The fourth-order valence-corrected chi connectivity index (χ4v) is 1.47. The summed E-state index contributed by atoms with van der Waals surface area (Å²) in [6, 6.07) is 6.65. The molecule has 0 aliphatic rings. The number of aryl methyl sites for hydroxylation is 3. The Morgan fingerprint density at radius 3 is 2.54 bits per heavy atom. The van der Waals surface area contributed by atoms with Gasteiger partial charge in [0.05, 0.1) is 0 Å². The van der Waals surface area contributed by atoms with Crippen LogP contribution < -0.4 is 0 Å². The van der Waals surface area contributed by atoms with Crippen molar-refractivity contribution in [3.05, 3.63) is 47.0 Å². The van der Waals surface area contributed by atoms with Gasteiger partial charge in [0.15, 0.2) is 0 Å². The first-order valence-corrected chi connectivity index (χ1v) is 4.80. The molecule has 0 bridgehead atoms. The van der Waals surface area contributed by atoms with Gasteiger partial charge in [0.25, 0.3) is 0 Å². The molecule has 0 heterocycles. The molecule has 0 aliphatic carbocycles. The largest absolute Gasteiger partial charge is 0.100 e. The van der Waals surface area contributed by atoms with Crippen LogP contribution in [0.25, 0.3) is 0 Å². The Balaban J connectivity index is 2.72. The molecule has 1 aromatic carbocycles. The van der Waals surface area contributed by atoms with Crippen molar-refractivity contribution in [1.29, 1.82) is 0 Å². The fraction of sp³-hybridized carbons (Fsp3) is 0.385. The normalized spacial score (nSPS) is 10.1. The van der Waals surface area contributed by atoms with E-state index >= 15 is 0 Å². The zero-order valence-electron chi connectivity index (χ0n) is 8.85. The summed E-state index contributed by atoms with van der Waals surface area (Å²) in [5, 5.41) is 0. The van der Waals surface area contributed by atoms with Crippen molar-refractivity contribution in [1.82, 2.24) is 0 Å². The summed E-state index contributed by atoms with van der Waals surface area (Å²) in [6.07, 6.45) is 2.23.